The number of anilines is 1. The average Bonchev–Trinajstić information content (AvgIpc) is 3.28. The number of nitrogens with zero attached hydrogens (tertiary/aromatic N) is 3. The van der Waals surface area contributed by atoms with Crippen LogP contribution in [0, 0.1) is 0 Å². The number of aliphatic hydroxyl groups is 3. The summed E-state index contributed by atoms with van der Waals surface area (Å²) in [5.74, 6) is 0.328. The van der Waals surface area contributed by atoms with Crippen LogP contribution in [0.2, 0.25) is 0 Å². The highest BCUT2D eigenvalue weighted by Gasteiger charge is 2.44. The molecule has 0 saturated carbocycles. The summed E-state index contributed by atoms with van der Waals surface area (Å²) in [5, 5.41) is 32.2. The Kier molecular flexibility index (Phi) is 3.74. The van der Waals surface area contributed by atoms with Crippen molar-refractivity contribution in [2.24, 2.45) is 0 Å². The molecule has 4 atom stereocenters. The molecule has 24 heavy (non-hydrogen) atoms. The van der Waals surface area contributed by atoms with Crippen LogP contribution >= 0.6 is 11.3 Å². The van der Waals surface area contributed by atoms with Gasteiger partial charge in [-0.1, -0.05) is 6.07 Å². The molecule has 4 heterocycles. The predicted octanol–water partition coefficient (Wildman–Crippen LogP) is 0.353. The Hall–Kier alpha value is -2.04. The molecule has 0 amide bonds. The number of hydrogen-bond acceptors (Lipinski definition) is 8. The van der Waals surface area contributed by atoms with E-state index in [1.54, 1.807) is 22.1 Å². The van der Waals surface area contributed by atoms with Gasteiger partial charge in [0.1, 0.15) is 36.1 Å². The van der Waals surface area contributed by atoms with Gasteiger partial charge in [0.25, 0.3) is 0 Å². The van der Waals surface area contributed by atoms with Crippen molar-refractivity contribution in [2.75, 3.05) is 12.3 Å². The summed E-state index contributed by atoms with van der Waals surface area (Å²) < 4.78 is 7.25. The minimum absolute atomic E-state index is 0.328. The van der Waals surface area contributed by atoms with Gasteiger partial charge in [-0.15, -0.1) is 11.3 Å². The van der Waals surface area contributed by atoms with E-state index in [4.69, 9.17) is 10.5 Å². The van der Waals surface area contributed by atoms with Crippen LogP contribution in [0.4, 0.5) is 5.82 Å². The quantitative estimate of drug-likeness (QED) is 0.538. The Morgan fingerprint density at radius 2 is 2.12 bits per heavy atom. The first-order chi connectivity index (χ1) is 11.6. The number of aliphatic hydroxyl groups excluding tert-OH is 3. The second-order valence-electron chi connectivity index (χ2n) is 5.61. The molecule has 0 bridgehead atoms. The number of rotatable bonds is 3. The highest BCUT2D eigenvalue weighted by Crippen LogP contribution is 2.39. The third-order valence-corrected chi connectivity index (χ3v) is 5.12. The van der Waals surface area contributed by atoms with Crippen LogP contribution in [-0.4, -0.2) is 54.8 Å². The predicted molar refractivity (Wildman–Crippen MR) is 88.3 cm³/mol. The molecule has 0 radical (unpaired) electrons. The van der Waals surface area contributed by atoms with Gasteiger partial charge in [-0.25, -0.2) is 9.97 Å². The number of ether oxygens (including phenoxy) is 1. The first-order valence-corrected chi connectivity index (χ1v) is 8.27. The molecule has 126 valence electrons. The molecule has 3 aromatic rings. The van der Waals surface area contributed by atoms with Crippen molar-refractivity contribution in [2.45, 2.75) is 24.5 Å². The molecule has 5 N–H and O–H groups in total. The molecule has 1 saturated heterocycles. The van der Waals surface area contributed by atoms with E-state index in [9.17, 15) is 15.3 Å². The van der Waals surface area contributed by atoms with Gasteiger partial charge in [0.15, 0.2) is 6.23 Å². The van der Waals surface area contributed by atoms with Gasteiger partial charge in [-0.2, -0.15) is 0 Å². The van der Waals surface area contributed by atoms with Gasteiger partial charge < -0.3 is 30.4 Å². The number of nitrogens with two attached hydrogens (primary N) is 1. The zero-order chi connectivity index (χ0) is 16.8. The lowest BCUT2D eigenvalue weighted by Crippen LogP contribution is -2.33. The van der Waals surface area contributed by atoms with Crippen LogP contribution < -0.4 is 5.73 Å². The maximum absolute atomic E-state index is 10.3. The third-order valence-electron chi connectivity index (χ3n) is 4.22. The Morgan fingerprint density at radius 1 is 1.29 bits per heavy atom. The first-order valence-electron chi connectivity index (χ1n) is 7.39. The van der Waals surface area contributed by atoms with Crippen molar-refractivity contribution in [3.8, 4) is 10.4 Å². The summed E-state index contributed by atoms with van der Waals surface area (Å²) >= 11 is 1.54. The van der Waals surface area contributed by atoms with Gasteiger partial charge in [-0.3, -0.25) is 0 Å². The van der Waals surface area contributed by atoms with Gasteiger partial charge in [0.05, 0.1) is 12.0 Å². The fourth-order valence-electron chi connectivity index (χ4n) is 3.03. The van der Waals surface area contributed by atoms with Crippen molar-refractivity contribution < 1.29 is 20.1 Å². The smallest absolute Gasteiger partial charge is 0.164 e. The molecule has 0 spiro atoms. The zero-order valence-electron chi connectivity index (χ0n) is 12.5. The van der Waals surface area contributed by atoms with E-state index in [0.29, 0.717) is 16.9 Å². The molecule has 3 aromatic heterocycles. The first kappa shape index (κ1) is 15.5. The monoisotopic (exact) mass is 348 g/mol. The lowest BCUT2D eigenvalue weighted by molar-refractivity contribution is -0.0508. The van der Waals surface area contributed by atoms with Crippen molar-refractivity contribution in [3.05, 3.63) is 30.0 Å². The van der Waals surface area contributed by atoms with E-state index >= 15 is 0 Å². The molecule has 1 fully saturated rings. The molecule has 0 aromatic carbocycles. The molecule has 1 unspecified atom stereocenters. The van der Waals surface area contributed by atoms with E-state index in [1.807, 2.05) is 17.5 Å². The largest absolute Gasteiger partial charge is 0.394 e. The molecule has 1 aliphatic rings. The highest BCUT2D eigenvalue weighted by molar-refractivity contribution is 7.13. The average molecular weight is 348 g/mol. The molecule has 9 heteroatoms. The van der Waals surface area contributed by atoms with Crippen molar-refractivity contribution >= 4 is 28.2 Å². The summed E-state index contributed by atoms with van der Waals surface area (Å²) in [7, 11) is 0. The lowest BCUT2D eigenvalue weighted by atomic mass is 10.1. The molecule has 8 nitrogen and oxygen atoms in total. The summed E-state index contributed by atoms with van der Waals surface area (Å²) in [6, 6.07) is 3.88. The number of aromatic nitrogens is 3. The Labute approximate surface area is 140 Å². The van der Waals surface area contributed by atoms with E-state index in [1.165, 1.54) is 6.33 Å². The van der Waals surface area contributed by atoms with Crippen molar-refractivity contribution in [1.82, 2.24) is 14.5 Å². The summed E-state index contributed by atoms with van der Waals surface area (Å²) in [6.45, 7) is -0.386. The maximum atomic E-state index is 10.3. The highest BCUT2D eigenvalue weighted by atomic mass is 32.1. The van der Waals surface area contributed by atoms with E-state index in [2.05, 4.69) is 9.97 Å². The maximum Gasteiger partial charge on any atom is 0.164 e. The van der Waals surface area contributed by atoms with E-state index in [-0.39, 0.29) is 6.61 Å². The molecule has 4 rings (SSSR count). The minimum Gasteiger partial charge on any atom is -0.394 e. The fraction of sp³-hybridized carbons (Fsp3) is 0.333. The van der Waals surface area contributed by atoms with Crippen LogP contribution in [0.25, 0.3) is 21.5 Å². The second kappa shape index (κ2) is 5.80. The van der Waals surface area contributed by atoms with Gasteiger partial charge in [0, 0.05) is 16.6 Å². The van der Waals surface area contributed by atoms with Crippen LogP contribution in [0.1, 0.15) is 6.23 Å². The molecule has 0 aliphatic carbocycles. The molecule has 1 aliphatic heterocycles. The second-order valence-corrected chi connectivity index (χ2v) is 6.56. The van der Waals surface area contributed by atoms with Gasteiger partial charge in [0.2, 0.25) is 0 Å². The lowest BCUT2D eigenvalue weighted by Gasteiger charge is -2.17. The third kappa shape index (κ3) is 2.21. The topological polar surface area (TPSA) is 127 Å². The molecular weight excluding hydrogens is 332 g/mol. The fourth-order valence-corrected chi connectivity index (χ4v) is 3.77. The number of hydrogen-bond donors (Lipinski definition) is 4. The normalized spacial score (nSPS) is 27.1. The van der Waals surface area contributed by atoms with E-state index < -0.39 is 24.5 Å². The van der Waals surface area contributed by atoms with Crippen LogP contribution in [0.3, 0.4) is 0 Å². The SMILES string of the molecule is Nc1ncnc2c1c(-c1cccs1)cn2[C@@H]1O[C@H](CO)C(O)[C@@H]1O. The number of fused-ring (bicyclic) bond motifs is 1. The van der Waals surface area contributed by atoms with Crippen molar-refractivity contribution in [3.63, 3.8) is 0 Å². The Bertz CT molecular complexity index is 866. The van der Waals surface area contributed by atoms with Crippen LogP contribution in [0.15, 0.2) is 30.0 Å². The van der Waals surface area contributed by atoms with Crippen LogP contribution in [0.5, 0.6) is 0 Å². The zero-order valence-corrected chi connectivity index (χ0v) is 13.3. The summed E-state index contributed by atoms with van der Waals surface area (Å²) in [5.41, 5.74) is 7.37. The van der Waals surface area contributed by atoms with E-state index in [0.717, 1.165) is 10.4 Å². The van der Waals surface area contributed by atoms with Crippen LogP contribution in [-0.2, 0) is 4.74 Å². The summed E-state index contributed by atoms with van der Waals surface area (Å²) in [6.07, 6.45) is -0.975. The standard InChI is InChI=1S/C15H16N4O4S/c16-13-10-7(9-2-1-3-24-9)4-19(14(10)18-6-17-13)15-12(22)11(21)8(5-20)23-15/h1-4,6,8,11-12,15,20-22H,5H2,(H2,16,17,18)/t8-,11?,12+,15-/m1/s1. The number of thiophene rings is 1. The molecular formula is C15H16N4O4S. The van der Waals surface area contributed by atoms with Crippen molar-refractivity contribution in [1.29, 1.82) is 0 Å². The van der Waals surface area contributed by atoms with Gasteiger partial charge in [-0.05, 0) is 11.4 Å². The summed E-state index contributed by atoms with van der Waals surface area (Å²) in [4.78, 5) is 9.30. The Balaban J connectivity index is 1.90. The number of nitrogen functional groups attached to an aromatic ring is 1. The van der Waals surface area contributed by atoms with Gasteiger partial charge >= 0.3 is 0 Å². The Morgan fingerprint density at radius 3 is 2.79 bits per heavy atom. The minimum atomic E-state index is -1.19.